The van der Waals surface area contributed by atoms with Crippen LogP contribution in [0.25, 0.3) is 0 Å². The van der Waals surface area contributed by atoms with E-state index in [4.69, 9.17) is 20.9 Å². The van der Waals surface area contributed by atoms with Crippen LogP contribution in [0, 0.1) is 13.8 Å². The van der Waals surface area contributed by atoms with E-state index >= 15 is 0 Å². The molecule has 2 N–H and O–H groups in total. The number of benzene rings is 2. The number of aryl methyl sites for hydroxylation is 2. The molecule has 1 amide bonds. The molecule has 0 aliphatic heterocycles. The minimum Gasteiger partial charge on any atom is -0.489 e. The van der Waals surface area contributed by atoms with E-state index in [0.29, 0.717) is 17.4 Å². The third-order valence-electron chi connectivity index (χ3n) is 4.70. The fraction of sp³-hybridized carbons (Fsp3) is 0.273. The average molecular weight is 478 g/mol. The van der Waals surface area contributed by atoms with Gasteiger partial charge in [0.05, 0.1) is 22.6 Å². The summed E-state index contributed by atoms with van der Waals surface area (Å²) in [6.45, 7) is 4.28. The highest BCUT2D eigenvalue weighted by Crippen LogP contribution is 2.18. The molecular formula is C22H24ClN3O5S. The van der Waals surface area contributed by atoms with Crippen molar-refractivity contribution in [3.05, 3.63) is 76.1 Å². The molecule has 0 radical (unpaired) electrons. The number of rotatable bonds is 10. The zero-order valence-corrected chi connectivity index (χ0v) is 19.3. The van der Waals surface area contributed by atoms with E-state index in [-0.39, 0.29) is 30.3 Å². The summed E-state index contributed by atoms with van der Waals surface area (Å²) >= 11 is 5.83. The first-order chi connectivity index (χ1) is 15.2. The maximum absolute atomic E-state index is 12.2. The Kier molecular flexibility index (Phi) is 7.89. The molecule has 1 heterocycles. The molecule has 0 atom stereocenters. The fourth-order valence-corrected chi connectivity index (χ4v) is 4.25. The second-order valence-electron chi connectivity index (χ2n) is 7.12. The highest BCUT2D eigenvalue weighted by Gasteiger charge is 2.14. The summed E-state index contributed by atoms with van der Waals surface area (Å²) in [6, 6.07) is 13.2. The molecule has 0 saturated heterocycles. The van der Waals surface area contributed by atoms with Crippen molar-refractivity contribution in [2.24, 2.45) is 0 Å². The molecule has 32 heavy (non-hydrogen) atoms. The first-order valence-electron chi connectivity index (χ1n) is 9.90. The van der Waals surface area contributed by atoms with Crippen LogP contribution in [0.2, 0.25) is 5.02 Å². The van der Waals surface area contributed by atoms with Crippen LogP contribution in [0.5, 0.6) is 5.75 Å². The van der Waals surface area contributed by atoms with Gasteiger partial charge in [-0.25, -0.2) is 13.1 Å². The summed E-state index contributed by atoms with van der Waals surface area (Å²) in [7, 11) is -3.68. The van der Waals surface area contributed by atoms with Gasteiger partial charge in [0.2, 0.25) is 15.9 Å². The predicted molar refractivity (Wildman–Crippen MR) is 120 cm³/mol. The monoisotopic (exact) mass is 477 g/mol. The highest BCUT2D eigenvalue weighted by molar-refractivity contribution is 7.89. The molecule has 0 bridgehead atoms. The van der Waals surface area contributed by atoms with Crippen LogP contribution < -0.4 is 14.8 Å². The molecule has 10 heteroatoms. The number of halogens is 1. The van der Waals surface area contributed by atoms with Crippen molar-refractivity contribution in [3.8, 4) is 5.75 Å². The van der Waals surface area contributed by atoms with Crippen molar-refractivity contribution in [1.29, 1.82) is 0 Å². The van der Waals surface area contributed by atoms with Gasteiger partial charge in [-0.15, -0.1) is 0 Å². The van der Waals surface area contributed by atoms with Crippen LogP contribution in [-0.2, 0) is 27.8 Å². The van der Waals surface area contributed by atoms with Crippen LogP contribution >= 0.6 is 11.6 Å². The van der Waals surface area contributed by atoms with Gasteiger partial charge in [-0.2, -0.15) is 0 Å². The van der Waals surface area contributed by atoms with Gasteiger partial charge in [-0.1, -0.05) is 35.0 Å². The number of amides is 1. The number of carbonyl (C=O) groups excluding carboxylic acids is 1. The number of nitrogens with zero attached hydrogens (tertiary/aromatic N) is 1. The third kappa shape index (κ3) is 6.56. The Morgan fingerprint density at radius 1 is 1.12 bits per heavy atom. The van der Waals surface area contributed by atoms with Crippen LogP contribution in [-0.4, -0.2) is 32.6 Å². The van der Waals surface area contributed by atoms with Gasteiger partial charge in [0.25, 0.3) is 0 Å². The molecule has 0 spiro atoms. The van der Waals surface area contributed by atoms with Gasteiger partial charge >= 0.3 is 0 Å². The summed E-state index contributed by atoms with van der Waals surface area (Å²) in [6.07, 6.45) is 0.172. The van der Waals surface area contributed by atoms with E-state index in [0.717, 1.165) is 22.6 Å². The van der Waals surface area contributed by atoms with Crippen molar-refractivity contribution in [2.75, 3.05) is 13.1 Å². The van der Waals surface area contributed by atoms with Crippen molar-refractivity contribution in [1.82, 2.24) is 15.2 Å². The Balaban J connectivity index is 1.41. The molecule has 3 rings (SSSR count). The lowest BCUT2D eigenvalue weighted by Gasteiger charge is -2.09. The van der Waals surface area contributed by atoms with Gasteiger partial charge in [-0.3, -0.25) is 4.79 Å². The predicted octanol–water partition coefficient (Wildman–Crippen LogP) is 3.16. The van der Waals surface area contributed by atoms with Crippen molar-refractivity contribution in [2.45, 2.75) is 31.8 Å². The third-order valence-corrected chi connectivity index (χ3v) is 6.39. The molecule has 0 aliphatic rings. The molecule has 170 valence electrons. The number of ether oxygens (including phenoxy) is 1. The van der Waals surface area contributed by atoms with E-state index in [1.165, 1.54) is 12.1 Å². The Labute approximate surface area is 192 Å². The first kappa shape index (κ1) is 23.8. The summed E-state index contributed by atoms with van der Waals surface area (Å²) < 4.78 is 37.7. The number of sulfonamides is 1. The number of carbonyl (C=O) groups is 1. The van der Waals surface area contributed by atoms with Gasteiger partial charge in [0, 0.05) is 18.1 Å². The normalized spacial score (nSPS) is 11.3. The van der Waals surface area contributed by atoms with Crippen LogP contribution in [0.1, 0.15) is 22.6 Å². The number of nitrogens with one attached hydrogen (secondary N) is 2. The van der Waals surface area contributed by atoms with Crippen LogP contribution in [0.15, 0.2) is 57.9 Å². The van der Waals surface area contributed by atoms with E-state index in [1.54, 1.807) is 24.3 Å². The Morgan fingerprint density at radius 2 is 1.88 bits per heavy atom. The quantitative estimate of drug-likeness (QED) is 0.434. The maximum atomic E-state index is 12.2. The molecule has 2 aromatic carbocycles. The SMILES string of the molecule is Cc1noc(C)c1COc1ccc(CC(=O)NCCNS(=O)(=O)c2cccc(Cl)c2)cc1. The molecule has 0 saturated carbocycles. The largest absolute Gasteiger partial charge is 0.489 e. The Morgan fingerprint density at radius 3 is 2.53 bits per heavy atom. The number of hydrogen-bond donors (Lipinski definition) is 2. The average Bonchev–Trinajstić information content (AvgIpc) is 3.08. The molecule has 0 aliphatic carbocycles. The summed E-state index contributed by atoms with van der Waals surface area (Å²) in [4.78, 5) is 12.2. The topological polar surface area (TPSA) is 111 Å². The molecule has 0 unspecified atom stereocenters. The zero-order valence-electron chi connectivity index (χ0n) is 17.7. The minimum atomic E-state index is -3.68. The standard InChI is InChI=1S/C22H24ClN3O5S/c1-15-21(16(2)31-26-15)14-30-19-8-6-17(7-9-19)12-22(27)24-10-11-25-32(28,29)20-5-3-4-18(23)13-20/h3-9,13,25H,10-12,14H2,1-2H3,(H,24,27). The van der Waals surface area contributed by atoms with Crippen molar-refractivity contribution < 1.29 is 22.5 Å². The van der Waals surface area contributed by atoms with Gasteiger partial charge in [0.1, 0.15) is 18.1 Å². The van der Waals surface area contributed by atoms with Crippen molar-refractivity contribution >= 4 is 27.5 Å². The zero-order chi connectivity index (χ0) is 23.1. The highest BCUT2D eigenvalue weighted by atomic mass is 35.5. The summed E-state index contributed by atoms with van der Waals surface area (Å²) in [5, 5.41) is 6.93. The molecule has 0 fully saturated rings. The lowest BCUT2D eigenvalue weighted by atomic mass is 10.1. The van der Waals surface area contributed by atoms with E-state index in [2.05, 4.69) is 15.2 Å². The smallest absolute Gasteiger partial charge is 0.240 e. The number of hydrogen-bond acceptors (Lipinski definition) is 6. The molecule has 1 aromatic heterocycles. The Bertz CT molecular complexity index is 1160. The fourth-order valence-electron chi connectivity index (χ4n) is 2.92. The maximum Gasteiger partial charge on any atom is 0.240 e. The van der Waals surface area contributed by atoms with E-state index < -0.39 is 10.0 Å². The minimum absolute atomic E-state index is 0.0646. The second-order valence-corrected chi connectivity index (χ2v) is 9.32. The molecular weight excluding hydrogens is 454 g/mol. The number of aromatic nitrogens is 1. The Hall–Kier alpha value is -2.88. The van der Waals surface area contributed by atoms with Crippen molar-refractivity contribution in [3.63, 3.8) is 0 Å². The van der Waals surface area contributed by atoms with E-state index in [9.17, 15) is 13.2 Å². The molecule has 8 nitrogen and oxygen atoms in total. The first-order valence-corrected chi connectivity index (χ1v) is 11.8. The van der Waals surface area contributed by atoms with Crippen LogP contribution in [0.4, 0.5) is 0 Å². The summed E-state index contributed by atoms with van der Waals surface area (Å²) in [5.74, 6) is 1.19. The second kappa shape index (κ2) is 10.6. The van der Waals surface area contributed by atoms with Gasteiger partial charge in [0.15, 0.2) is 0 Å². The lowest BCUT2D eigenvalue weighted by Crippen LogP contribution is -2.35. The van der Waals surface area contributed by atoms with Gasteiger partial charge in [-0.05, 0) is 49.7 Å². The lowest BCUT2D eigenvalue weighted by molar-refractivity contribution is -0.120. The van der Waals surface area contributed by atoms with Crippen LogP contribution in [0.3, 0.4) is 0 Å². The molecule has 3 aromatic rings. The van der Waals surface area contributed by atoms with Gasteiger partial charge < -0.3 is 14.6 Å². The van der Waals surface area contributed by atoms with E-state index in [1.807, 2.05) is 26.0 Å². The summed E-state index contributed by atoms with van der Waals surface area (Å²) in [5.41, 5.74) is 2.52.